The average molecular weight is 389 g/mol. The van der Waals surface area contributed by atoms with Crippen LogP contribution in [-0.4, -0.2) is 47.5 Å². The van der Waals surface area contributed by atoms with E-state index in [9.17, 15) is 9.18 Å². The molecule has 2 heterocycles. The van der Waals surface area contributed by atoms with Crippen LogP contribution in [-0.2, 0) is 4.79 Å². The van der Waals surface area contributed by atoms with Gasteiger partial charge in [-0.1, -0.05) is 29.8 Å². The third-order valence-corrected chi connectivity index (χ3v) is 5.00. The van der Waals surface area contributed by atoms with Crippen LogP contribution in [0.3, 0.4) is 0 Å². The highest BCUT2D eigenvalue weighted by atomic mass is 35.5. The maximum Gasteiger partial charge on any atom is 0.209 e. The van der Waals surface area contributed by atoms with Crippen LogP contribution in [0.5, 0.6) is 0 Å². The van der Waals surface area contributed by atoms with Gasteiger partial charge in [0, 0.05) is 42.7 Å². The van der Waals surface area contributed by atoms with Crippen molar-refractivity contribution in [1.82, 2.24) is 14.9 Å². The average Bonchev–Trinajstić information content (AvgIpc) is 2.69. The molecule has 0 saturated carbocycles. The summed E-state index contributed by atoms with van der Waals surface area (Å²) in [5.41, 5.74) is 0.153. The smallest absolute Gasteiger partial charge is 0.209 e. The first-order chi connectivity index (χ1) is 13.1. The minimum atomic E-state index is -0.683. The molecule has 1 saturated heterocycles. The van der Waals surface area contributed by atoms with Crippen LogP contribution < -0.4 is 4.90 Å². The molecule has 1 aliphatic rings. The summed E-state index contributed by atoms with van der Waals surface area (Å²) >= 11 is 6.34. The van der Waals surface area contributed by atoms with E-state index < -0.39 is 11.6 Å². The van der Waals surface area contributed by atoms with Crippen LogP contribution in [0.15, 0.2) is 36.7 Å². The van der Waals surface area contributed by atoms with Gasteiger partial charge in [0.2, 0.25) is 6.41 Å². The first-order valence-electron chi connectivity index (χ1n) is 8.42. The van der Waals surface area contributed by atoms with Crippen molar-refractivity contribution in [3.63, 3.8) is 0 Å². The number of carbonyl (C=O) groups is 1. The van der Waals surface area contributed by atoms with Crippen molar-refractivity contribution in [3.8, 4) is 11.1 Å². The third-order valence-electron chi connectivity index (χ3n) is 4.71. The number of rotatable bonds is 3. The molecule has 2 aromatic carbocycles. The predicted molar refractivity (Wildman–Crippen MR) is 99.8 cm³/mol. The number of hydrogen-bond acceptors (Lipinski definition) is 4. The first kappa shape index (κ1) is 17.6. The molecule has 8 heteroatoms. The van der Waals surface area contributed by atoms with Crippen molar-refractivity contribution < 1.29 is 13.6 Å². The first-order valence-corrected chi connectivity index (χ1v) is 8.80. The molecule has 1 fully saturated rings. The van der Waals surface area contributed by atoms with Crippen LogP contribution in [0, 0.1) is 11.6 Å². The van der Waals surface area contributed by atoms with Crippen LogP contribution in [0.2, 0.25) is 5.02 Å². The number of nitrogens with zero attached hydrogens (tertiary/aromatic N) is 4. The topological polar surface area (TPSA) is 49.3 Å². The fourth-order valence-electron chi connectivity index (χ4n) is 3.32. The lowest BCUT2D eigenvalue weighted by atomic mass is 10.0. The molecule has 0 aliphatic carbocycles. The highest BCUT2D eigenvalue weighted by Gasteiger charge is 2.23. The molecule has 5 nitrogen and oxygen atoms in total. The Morgan fingerprint density at radius 2 is 1.81 bits per heavy atom. The molecule has 138 valence electrons. The molecular weight excluding hydrogens is 374 g/mol. The van der Waals surface area contributed by atoms with Crippen molar-refractivity contribution in [2.75, 3.05) is 31.1 Å². The fourth-order valence-corrected chi connectivity index (χ4v) is 3.61. The largest absolute Gasteiger partial charge is 0.352 e. The van der Waals surface area contributed by atoms with E-state index in [1.807, 2.05) is 4.90 Å². The minimum Gasteiger partial charge on any atom is -0.352 e. The molecule has 0 spiro atoms. The zero-order valence-electron chi connectivity index (χ0n) is 14.2. The molecule has 0 unspecified atom stereocenters. The Balaban J connectivity index is 1.84. The van der Waals surface area contributed by atoms with Crippen LogP contribution >= 0.6 is 11.6 Å². The molecule has 27 heavy (non-hydrogen) atoms. The lowest BCUT2D eigenvalue weighted by Gasteiger charge is -2.33. The van der Waals surface area contributed by atoms with Gasteiger partial charge in [-0.3, -0.25) is 4.79 Å². The standard InChI is InChI=1S/C19H15ClF2N4O/c20-14-9-13-18(17(22)16(14)12-3-1-2-4-15(12)21)23-10-24-19(13)26-7-5-25(11-27)6-8-26/h1-4,9-11H,5-8H2. The number of halogens is 3. The van der Waals surface area contributed by atoms with Gasteiger partial charge in [0.1, 0.15) is 23.5 Å². The number of amides is 1. The summed E-state index contributed by atoms with van der Waals surface area (Å²) in [6, 6.07) is 7.46. The van der Waals surface area contributed by atoms with Crippen molar-refractivity contribution in [3.05, 3.63) is 53.3 Å². The van der Waals surface area contributed by atoms with Gasteiger partial charge in [-0.05, 0) is 12.1 Å². The molecule has 0 radical (unpaired) electrons. The highest BCUT2D eigenvalue weighted by Crippen LogP contribution is 2.38. The van der Waals surface area contributed by atoms with Crippen LogP contribution in [0.4, 0.5) is 14.6 Å². The van der Waals surface area contributed by atoms with Gasteiger partial charge in [0.15, 0.2) is 5.82 Å². The van der Waals surface area contributed by atoms with E-state index in [1.165, 1.54) is 24.5 Å². The van der Waals surface area contributed by atoms with Gasteiger partial charge in [0.25, 0.3) is 0 Å². The Hall–Kier alpha value is -2.80. The Labute approximate surface area is 159 Å². The normalized spacial score (nSPS) is 14.6. The molecule has 0 atom stereocenters. The monoisotopic (exact) mass is 388 g/mol. The second kappa shape index (κ2) is 7.08. The molecule has 1 amide bonds. The molecule has 0 N–H and O–H groups in total. The lowest BCUT2D eigenvalue weighted by Crippen LogP contribution is -2.46. The van der Waals surface area contributed by atoms with Crippen molar-refractivity contribution >= 4 is 34.7 Å². The molecule has 4 rings (SSSR count). The minimum absolute atomic E-state index is 0.0160. The molecule has 1 aromatic heterocycles. The summed E-state index contributed by atoms with van der Waals surface area (Å²) in [6.45, 7) is 2.25. The van der Waals surface area contributed by atoms with E-state index in [0.717, 1.165) is 6.41 Å². The SMILES string of the molecule is O=CN1CCN(c2ncnc3c(F)c(-c4ccccc4F)c(Cl)cc23)CC1. The summed E-state index contributed by atoms with van der Waals surface area (Å²) in [4.78, 5) is 22.9. The third kappa shape index (κ3) is 3.08. The van der Waals surface area contributed by atoms with Crippen molar-refractivity contribution in [2.24, 2.45) is 0 Å². The van der Waals surface area contributed by atoms with Gasteiger partial charge < -0.3 is 9.80 Å². The summed E-state index contributed by atoms with van der Waals surface area (Å²) in [7, 11) is 0. The maximum absolute atomic E-state index is 15.2. The molecule has 1 aliphatic heterocycles. The van der Waals surface area contributed by atoms with Gasteiger partial charge in [-0.2, -0.15) is 0 Å². The summed E-state index contributed by atoms with van der Waals surface area (Å²) < 4.78 is 29.4. The number of anilines is 1. The number of hydrogen-bond donors (Lipinski definition) is 0. The van der Waals surface area contributed by atoms with Gasteiger partial charge in [-0.15, -0.1) is 0 Å². The summed E-state index contributed by atoms with van der Waals surface area (Å²) in [6.07, 6.45) is 2.10. The number of piperazine rings is 1. The van der Waals surface area contributed by atoms with E-state index >= 15 is 4.39 Å². The van der Waals surface area contributed by atoms with E-state index in [-0.39, 0.29) is 21.7 Å². The Kier molecular flexibility index (Phi) is 4.61. The number of aromatic nitrogens is 2. The number of benzene rings is 2. The number of fused-ring (bicyclic) bond motifs is 1. The summed E-state index contributed by atoms with van der Waals surface area (Å²) in [5.74, 6) is -0.693. The quantitative estimate of drug-likeness (QED) is 0.644. The van der Waals surface area contributed by atoms with E-state index in [2.05, 4.69) is 9.97 Å². The summed E-state index contributed by atoms with van der Waals surface area (Å²) in [5, 5.41) is 0.548. The lowest BCUT2D eigenvalue weighted by molar-refractivity contribution is -0.118. The Bertz CT molecular complexity index is 1020. The van der Waals surface area contributed by atoms with E-state index in [1.54, 1.807) is 17.0 Å². The van der Waals surface area contributed by atoms with Crippen molar-refractivity contribution in [2.45, 2.75) is 0 Å². The second-order valence-corrected chi connectivity index (χ2v) is 6.66. The predicted octanol–water partition coefficient (Wildman–Crippen LogP) is 3.51. The van der Waals surface area contributed by atoms with Gasteiger partial charge >= 0.3 is 0 Å². The van der Waals surface area contributed by atoms with E-state index in [0.29, 0.717) is 37.4 Å². The molecule has 3 aromatic rings. The van der Waals surface area contributed by atoms with Gasteiger partial charge in [0.05, 0.1) is 5.02 Å². The zero-order chi connectivity index (χ0) is 19.0. The zero-order valence-corrected chi connectivity index (χ0v) is 15.0. The molecular formula is C19H15ClF2N4O. The van der Waals surface area contributed by atoms with Crippen molar-refractivity contribution in [1.29, 1.82) is 0 Å². The fraction of sp³-hybridized carbons (Fsp3) is 0.211. The Morgan fingerprint density at radius 3 is 2.52 bits per heavy atom. The highest BCUT2D eigenvalue weighted by molar-refractivity contribution is 6.34. The second-order valence-electron chi connectivity index (χ2n) is 6.25. The van der Waals surface area contributed by atoms with Gasteiger partial charge in [-0.25, -0.2) is 18.7 Å². The van der Waals surface area contributed by atoms with E-state index in [4.69, 9.17) is 11.6 Å². The van der Waals surface area contributed by atoms with Crippen LogP contribution in [0.1, 0.15) is 0 Å². The Morgan fingerprint density at radius 1 is 1.07 bits per heavy atom. The maximum atomic E-state index is 15.2. The number of carbonyl (C=O) groups excluding carboxylic acids is 1. The van der Waals surface area contributed by atoms with Crippen LogP contribution in [0.25, 0.3) is 22.0 Å². The molecule has 0 bridgehead atoms.